The normalized spacial score (nSPS) is 14.3. The Hall–Kier alpha value is -2.09. The van der Waals surface area contributed by atoms with Gasteiger partial charge in [-0.15, -0.1) is 0 Å². The first-order chi connectivity index (χ1) is 11.7. The lowest BCUT2D eigenvalue weighted by Crippen LogP contribution is -2.31. The second-order valence-electron chi connectivity index (χ2n) is 6.34. The van der Waals surface area contributed by atoms with E-state index in [4.69, 9.17) is 14.2 Å². The number of amides is 2. The third kappa shape index (κ3) is 4.94. The van der Waals surface area contributed by atoms with Gasteiger partial charge in [0, 0.05) is 26.1 Å². The number of carbonyl (C=O) groups excluding carboxylic acids is 2. The van der Waals surface area contributed by atoms with Gasteiger partial charge in [0.1, 0.15) is 5.60 Å². The standard InChI is InChI=1S/C17H24N2O5S/c1-6-10-22-15(20)18(4)25-19(5)16(21)23-13-9-7-8-12-11-17(2,3)24-14(12)13/h7-9H,6,10-11H2,1-5H3. The molecule has 2 rings (SSSR count). The molecule has 0 fully saturated rings. The molecule has 1 aromatic rings. The number of hydrogen-bond acceptors (Lipinski definition) is 6. The van der Waals surface area contributed by atoms with E-state index in [0.29, 0.717) is 18.1 Å². The van der Waals surface area contributed by atoms with Gasteiger partial charge in [-0.2, -0.15) is 0 Å². The molecule has 0 bridgehead atoms. The van der Waals surface area contributed by atoms with Crippen LogP contribution in [0.25, 0.3) is 0 Å². The fraction of sp³-hybridized carbons (Fsp3) is 0.529. The highest BCUT2D eigenvalue weighted by molar-refractivity contribution is 7.95. The van der Waals surface area contributed by atoms with Crippen LogP contribution in [0.3, 0.4) is 0 Å². The summed E-state index contributed by atoms with van der Waals surface area (Å²) < 4.78 is 18.8. The second kappa shape index (κ2) is 7.86. The first-order valence-electron chi connectivity index (χ1n) is 8.08. The van der Waals surface area contributed by atoms with Crippen LogP contribution in [-0.2, 0) is 11.2 Å². The molecule has 0 saturated carbocycles. The molecule has 0 unspecified atom stereocenters. The average molecular weight is 368 g/mol. The molecule has 7 nitrogen and oxygen atoms in total. The lowest BCUT2D eigenvalue weighted by molar-refractivity contribution is 0.129. The summed E-state index contributed by atoms with van der Waals surface area (Å²) in [5, 5.41) is 0. The van der Waals surface area contributed by atoms with E-state index in [9.17, 15) is 9.59 Å². The maximum absolute atomic E-state index is 12.3. The number of nitrogens with zero attached hydrogens (tertiary/aromatic N) is 2. The van der Waals surface area contributed by atoms with Crippen molar-refractivity contribution in [1.29, 1.82) is 0 Å². The number of fused-ring (bicyclic) bond motifs is 1. The molecule has 1 aromatic carbocycles. The van der Waals surface area contributed by atoms with E-state index in [1.54, 1.807) is 6.07 Å². The second-order valence-corrected chi connectivity index (χ2v) is 7.60. The number of hydrogen-bond donors (Lipinski definition) is 0. The van der Waals surface area contributed by atoms with Gasteiger partial charge in [-0.05, 0) is 26.3 Å². The molecular formula is C17H24N2O5S. The summed E-state index contributed by atoms with van der Waals surface area (Å²) >= 11 is 0.895. The van der Waals surface area contributed by atoms with Crippen molar-refractivity contribution in [3.63, 3.8) is 0 Å². The molecule has 1 heterocycles. The first kappa shape index (κ1) is 19.2. The van der Waals surface area contributed by atoms with E-state index in [1.807, 2.05) is 32.9 Å². The molecule has 0 radical (unpaired) electrons. The van der Waals surface area contributed by atoms with Gasteiger partial charge >= 0.3 is 12.2 Å². The zero-order valence-corrected chi connectivity index (χ0v) is 16.0. The summed E-state index contributed by atoms with van der Waals surface area (Å²) in [5.41, 5.74) is 0.681. The third-order valence-corrected chi connectivity index (χ3v) is 4.23. The van der Waals surface area contributed by atoms with Crippen LogP contribution in [0.1, 0.15) is 32.8 Å². The van der Waals surface area contributed by atoms with Gasteiger partial charge < -0.3 is 14.2 Å². The summed E-state index contributed by atoms with van der Waals surface area (Å²) in [6.45, 7) is 6.21. The Morgan fingerprint density at radius 1 is 1.24 bits per heavy atom. The summed E-state index contributed by atoms with van der Waals surface area (Å²) in [5.74, 6) is 0.965. The fourth-order valence-electron chi connectivity index (χ4n) is 2.36. The smallest absolute Gasteiger partial charge is 0.426 e. The highest BCUT2D eigenvalue weighted by Crippen LogP contribution is 2.42. The molecule has 8 heteroatoms. The minimum atomic E-state index is -0.609. The van der Waals surface area contributed by atoms with Crippen molar-refractivity contribution in [2.24, 2.45) is 0 Å². The van der Waals surface area contributed by atoms with Gasteiger partial charge in [0.2, 0.25) is 0 Å². The van der Waals surface area contributed by atoms with E-state index < -0.39 is 12.2 Å². The number of ether oxygens (including phenoxy) is 3. The van der Waals surface area contributed by atoms with Crippen molar-refractivity contribution >= 4 is 24.3 Å². The van der Waals surface area contributed by atoms with Gasteiger partial charge in [0.25, 0.3) is 0 Å². The maximum Gasteiger partial charge on any atom is 0.426 e. The van der Waals surface area contributed by atoms with Crippen molar-refractivity contribution in [3.8, 4) is 11.5 Å². The highest BCUT2D eigenvalue weighted by atomic mass is 32.2. The van der Waals surface area contributed by atoms with E-state index in [2.05, 4.69) is 0 Å². The minimum absolute atomic E-state index is 0.325. The van der Waals surface area contributed by atoms with Gasteiger partial charge in [-0.25, -0.2) is 18.2 Å². The Morgan fingerprint density at radius 3 is 2.60 bits per heavy atom. The van der Waals surface area contributed by atoms with Crippen molar-refractivity contribution in [3.05, 3.63) is 23.8 Å². The van der Waals surface area contributed by atoms with E-state index in [1.165, 1.54) is 22.7 Å². The highest BCUT2D eigenvalue weighted by Gasteiger charge is 2.33. The Labute approximate surface area is 152 Å². The summed E-state index contributed by atoms with van der Waals surface area (Å²) in [6, 6.07) is 5.47. The lowest BCUT2D eigenvalue weighted by Gasteiger charge is -2.22. The van der Waals surface area contributed by atoms with Crippen LogP contribution in [0.5, 0.6) is 11.5 Å². The van der Waals surface area contributed by atoms with E-state index in [0.717, 1.165) is 30.5 Å². The Balaban J connectivity index is 1.97. The summed E-state index contributed by atoms with van der Waals surface area (Å²) in [6.07, 6.45) is 0.362. The van der Waals surface area contributed by atoms with Crippen molar-refractivity contribution in [2.75, 3.05) is 20.7 Å². The molecule has 138 valence electrons. The molecule has 2 amide bonds. The third-order valence-electron chi connectivity index (χ3n) is 3.44. The zero-order chi connectivity index (χ0) is 18.6. The first-order valence-corrected chi connectivity index (χ1v) is 8.81. The van der Waals surface area contributed by atoms with Crippen LogP contribution < -0.4 is 9.47 Å². The molecule has 0 aliphatic carbocycles. The van der Waals surface area contributed by atoms with Crippen LogP contribution in [0.2, 0.25) is 0 Å². The molecule has 1 aliphatic rings. The zero-order valence-electron chi connectivity index (χ0n) is 15.2. The summed E-state index contributed by atoms with van der Waals surface area (Å²) in [7, 11) is 3.04. The van der Waals surface area contributed by atoms with E-state index >= 15 is 0 Å². The van der Waals surface area contributed by atoms with Crippen LogP contribution in [0, 0.1) is 0 Å². The van der Waals surface area contributed by atoms with Crippen LogP contribution in [0.4, 0.5) is 9.59 Å². The molecule has 0 saturated heterocycles. The van der Waals surface area contributed by atoms with Crippen LogP contribution in [-0.4, -0.2) is 47.1 Å². The van der Waals surface area contributed by atoms with Gasteiger partial charge in [-0.3, -0.25) is 0 Å². The van der Waals surface area contributed by atoms with Gasteiger partial charge in [0.15, 0.2) is 11.5 Å². The number of para-hydroxylation sites is 1. The molecule has 0 N–H and O–H groups in total. The Bertz CT molecular complexity index is 650. The predicted octanol–water partition coefficient (Wildman–Crippen LogP) is 3.87. The van der Waals surface area contributed by atoms with Crippen molar-refractivity contribution in [2.45, 2.75) is 39.2 Å². The average Bonchev–Trinajstić information content (AvgIpc) is 2.87. The Morgan fingerprint density at radius 2 is 1.92 bits per heavy atom. The Kier molecular flexibility index (Phi) is 6.05. The largest absolute Gasteiger partial charge is 0.483 e. The van der Waals surface area contributed by atoms with Crippen LogP contribution in [0.15, 0.2) is 18.2 Å². The number of benzene rings is 1. The molecule has 1 aliphatic heterocycles. The molecular weight excluding hydrogens is 344 g/mol. The topological polar surface area (TPSA) is 68.3 Å². The molecule has 0 atom stereocenters. The summed E-state index contributed by atoms with van der Waals surface area (Å²) in [4.78, 5) is 24.0. The van der Waals surface area contributed by atoms with Gasteiger partial charge in [-0.1, -0.05) is 19.1 Å². The predicted molar refractivity (Wildman–Crippen MR) is 95.6 cm³/mol. The lowest BCUT2D eigenvalue weighted by atomic mass is 10.0. The molecule has 25 heavy (non-hydrogen) atoms. The maximum atomic E-state index is 12.3. The SMILES string of the molecule is CCCOC(=O)N(C)SN(C)C(=O)Oc1cccc2c1OC(C)(C)C2. The van der Waals surface area contributed by atoms with Crippen molar-refractivity contribution < 1.29 is 23.8 Å². The monoisotopic (exact) mass is 368 g/mol. The number of rotatable bonds is 5. The van der Waals surface area contributed by atoms with Gasteiger partial charge in [0.05, 0.1) is 18.7 Å². The molecule has 0 aromatic heterocycles. The van der Waals surface area contributed by atoms with Crippen molar-refractivity contribution in [1.82, 2.24) is 8.61 Å². The van der Waals surface area contributed by atoms with Crippen LogP contribution >= 0.6 is 12.1 Å². The quantitative estimate of drug-likeness (QED) is 0.735. The minimum Gasteiger partial charge on any atom is -0.483 e. The fourth-order valence-corrected chi connectivity index (χ4v) is 2.95. The number of carbonyl (C=O) groups is 2. The molecule has 0 spiro atoms. The van der Waals surface area contributed by atoms with E-state index in [-0.39, 0.29) is 5.60 Å².